The predicted molar refractivity (Wildman–Crippen MR) is 85.8 cm³/mol. The second-order valence-corrected chi connectivity index (χ2v) is 6.64. The molecule has 2 rings (SSSR count). The summed E-state index contributed by atoms with van der Waals surface area (Å²) < 4.78 is 10.9. The molecule has 112 valence electrons. The molecule has 1 heterocycles. The van der Waals surface area contributed by atoms with Gasteiger partial charge >= 0.3 is 0 Å². The lowest BCUT2D eigenvalue weighted by molar-refractivity contribution is 0.174. The molecule has 2 atom stereocenters. The number of ether oxygens (including phenoxy) is 2. The molecule has 2 unspecified atom stereocenters. The van der Waals surface area contributed by atoms with Crippen molar-refractivity contribution in [2.45, 2.75) is 44.9 Å². The van der Waals surface area contributed by atoms with Gasteiger partial charge in [-0.2, -0.15) is 11.8 Å². The van der Waals surface area contributed by atoms with Crippen LogP contribution in [-0.4, -0.2) is 24.3 Å². The van der Waals surface area contributed by atoms with Crippen LogP contribution in [0.5, 0.6) is 11.5 Å². The summed E-state index contributed by atoms with van der Waals surface area (Å²) in [4.78, 5) is 0. The molecule has 0 amide bonds. The van der Waals surface area contributed by atoms with Gasteiger partial charge in [0.2, 0.25) is 6.79 Å². The zero-order chi connectivity index (χ0) is 14.4. The van der Waals surface area contributed by atoms with E-state index in [0.29, 0.717) is 18.1 Å². The molecule has 1 aromatic carbocycles. The summed E-state index contributed by atoms with van der Waals surface area (Å²) in [6, 6.07) is 6.67. The zero-order valence-electron chi connectivity index (χ0n) is 12.6. The van der Waals surface area contributed by atoms with Crippen molar-refractivity contribution < 1.29 is 9.47 Å². The highest BCUT2D eigenvalue weighted by Crippen LogP contribution is 2.35. The first-order valence-electron chi connectivity index (χ1n) is 7.49. The summed E-state index contributed by atoms with van der Waals surface area (Å²) in [5.74, 6) is 2.83. The maximum Gasteiger partial charge on any atom is 0.231 e. The Morgan fingerprint density at radius 1 is 1.25 bits per heavy atom. The topological polar surface area (TPSA) is 30.5 Å². The highest BCUT2D eigenvalue weighted by atomic mass is 32.2. The van der Waals surface area contributed by atoms with Crippen LogP contribution in [0.4, 0.5) is 0 Å². The fraction of sp³-hybridized carbons (Fsp3) is 0.625. The summed E-state index contributed by atoms with van der Waals surface area (Å²) in [7, 11) is 0. The minimum Gasteiger partial charge on any atom is -0.454 e. The van der Waals surface area contributed by atoms with Gasteiger partial charge in [0.05, 0.1) is 0 Å². The van der Waals surface area contributed by atoms with Crippen LogP contribution in [-0.2, 0) is 0 Å². The first-order valence-corrected chi connectivity index (χ1v) is 8.54. The molecule has 0 radical (unpaired) electrons. The molecule has 1 aliphatic rings. The summed E-state index contributed by atoms with van der Waals surface area (Å²) in [6.45, 7) is 8.12. The third-order valence-electron chi connectivity index (χ3n) is 3.56. The normalized spacial score (nSPS) is 16.1. The van der Waals surface area contributed by atoms with Crippen molar-refractivity contribution in [1.82, 2.24) is 5.32 Å². The van der Waals surface area contributed by atoms with Gasteiger partial charge in [-0.3, -0.25) is 0 Å². The average molecular weight is 295 g/mol. The van der Waals surface area contributed by atoms with Crippen molar-refractivity contribution in [2.75, 3.05) is 19.1 Å². The largest absolute Gasteiger partial charge is 0.454 e. The number of nitrogens with one attached hydrogen (secondary N) is 1. The molecular formula is C16H25NO2S. The van der Waals surface area contributed by atoms with E-state index in [1.807, 2.05) is 17.8 Å². The maximum absolute atomic E-state index is 5.48. The summed E-state index contributed by atoms with van der Waals surface area (Å²) in [6.07, 6.45) is 2.36. The van der Waals surface area contributed by atoms with Crippen LogP contribution in [0.2, 0.25) is 0 Å². The maximum atomic E-state index is 5.48. The van der Waals surface area contributed by atoms with Crippen molar-refractivity contribution in [3.8, 4) is 11.5 Å². The van der Waals surface area contributed by atoms with Crippen molar-refractivity contribution in [1.29, 1.82) is 0 Å². The third kappa shape index (κ3) is 4.06. The van der Waals surface area contributed by atoms with Crippen LogP contribution >= 0.6 is 11.8 Å². The quantitative estimate of drug-likeness (QED) is 0.785. The number of hydrogen-bond acceptors (Lipinski definition) is 4. The van der Waals surface area contributed by atoms with Gasteiger partial charge in [0.1, 0.15) is 0 Å². The highest BCUT2D eigenvalue weighted by molar-refractivity contribution is 7.99. The molecular weight excluding hydrogens is 270 g/mol. The van der Waals surface area contributed by atoms with Crippen molar-refractivity contribution in [3.05, 3.63) is 23.8 Å². The summed E-state index contributed by atoms with van der Waals surface area (Å²) >= 11 is 2.03. The molecule has 20 heavy (non-hydrogen) atoms. The van der Waals surface area contributed by atoms with Crippen LogP contribution < -0.4 is 14.8 Å². The third-order valence-corrected chi connectivity index (χ3v) is 4.99. The summed E-state index contributed by atoms with van der Waals surface area (Å²) in [5.41, 5.74) is 1.29. The molecule has 0 aliphatic carbocycles. The first kappa shape index (κ1) is 15.5. The predicted octanol–water partition coefficient (Wildman–Crippen LogP) is 3.99. The van der Waals surface area contributed by atoms with Crippen LogP contribution in [0.1, 0.15) is 45.2 Å². The van der Waals surface area contributed by atoms with Crippen LogP contribution in [0.25, 0.3) is 0 Å². The molecule has 4 heteroatoms. The lowest BCUT2D eigenvalue weighted by Gasteiger charge is -2.20. The lowest BCUT2D eigenvalue weighted by Crippen LogP contribution is -2.24. The van der Waals surface area contributed by atoms with Gasteiger partial charge in [-0.25, -0.2) is 0 Å². The fourth-order valence-corrected chi connectivity index (χ4v) is 3.17. The SMILES string of the molecule is CCCNC(CSC(C)CC)c1ccc2c(c1)OCO2. The number of hydrogen-bond donors (Lipinski definition) is 1. The standard InChI is InChI=1S/C16H25NO2S/c1-4-8-17-14(10-20-12(3)5-2)13-6-7-15-16(9-13)19-11-18-15/h6-7,9,12,14,17H,4-5,8,10-11H2,1-3H3. The highest BCUT2D eigenvalue weighted by Gasteiger charge is 2.18. The Hall–Kier alpha value is -0.870. The van der Waals surface area contributed by atoms with E-state index in [1.54, 1.807) is 0 Å². The molecule has 0 saturated carbocycles. The van der Waals surface area contributed by atoms with Gasteiger partial charge < -0.3 is 14.8 Å². The summed E-state index contributed by atoms with van der Waals surface area (Å²) in [5, 5.41) is 4.34. The van der Waals surface area contributed by atoms with E-state index in [-0.39, 0.29) is 0 Å². The van der Waals surface area contributed by atoms with Crippen LogP contribution in [0.3, 0.4) is 0 Å². The molecule has 1 N–H and O–H groups in total. The van der Waals surface area contributed by atoms with Gasteiger partial charge in [0.25, 0.3) is 0 Å². The van der Waals surface area contributed by atoms with Crippen molar-refractivity contribution in [2.24, 2.45) is 0 Å². The van der Waals surface area contributed by atoms with Gasteiger partial charge in [-0.1, -0.05) is 26.8 Å². The van der Waals surface area contributed by atoms with E-state index in [0.717, 1.165) is 30.2 Å². The molecule has 0 spiro atoms. The van der Waals surface area contributed by atoms with Gasteiger partial charge in [-0.15, -0.1) is 0 Å². The van der Waals surface area contributed by atoms with E-state index in [9.17, 15) is 0 Å². The van der Waals surface area contributed by atoms with E-state index in [2.05, 4.69) is 38.2 Å². The Balaban J connectivity index is 2.04. The van der Waals surface area contributed by atoms with Gasteiger partial charge in [0, 0.05) is 17.0 Å². The Morgan fingerprint density at radius 2 is 2.05 bits per heavy atom. The second kappa shape index (κ2) is 7.79. The van der Waals surface area contributed by atoms with Gasteiger partial charge in [-0.05, 0) is 37.1 Å². The van der Waals surface area contributed by atoms with Crippen molar-refractivity contribution in [3.63, 3.8) is 0 Å². The Morgan fingerprint density at radius 3 is 2.80 bits per heavy atom. The number of fused-ring (bicyclic) bond motifs is 1. The zero-order valence-corrected chi connectivity index (χ0v) is 13.5. The first-order chi connectivity index (χ1) is 9.74. The smallest absolute Gasteiger partial charge is 0.231 e. The molecule has 0 aromatic heterocycles. The second-order valence-electron chi connectivity index (χ2n) is 5.17. The van der Waals surface area contributed by atoms with E-state index >= 15 is 0 Å². The Labute approximate surface area is 126 Å². The van der Waals surface area contributed by atoms with Crippen LogP contribution in [0, 0.1) is 0 Å². The minimum atomic E-state index is 0.341. The number of benzene rings is 1. The molecule has 0 bridgehead atoms. The molecule has 3 nitrogen and oxygen atoms in total. The Kier molecular flexibility index (Phi) is 6.05. The van der Waals surface area contributed by atoms with E-state index in [1.165, 1.54) is 12.0 Å². The molecule has 1 aliphatic heterocycles. The average Bonchev–Trinajstić information content (AvgIpc) is 2.94. The van der Waals surface area contributed by atoms with Crippen LogP contribution in [0.15, 0.2) is 18.2 Å². The molecule has 0 fully saturated rings. The molecule has 0 saturated heterocycles. The number of thioether (sulfide) groups is 1. The Bertz CT molecular complexity index is 425. The molecule has 1 aromatic rings. The lowest BCUT2D eigenvalue weighted by atomic mass is 10.1. The monoisotopic (exact) mass is 295 g/mol. The minimum absolute atomic E-state index is 0.341. The van der Waals surface area contributed by atoms with Gasteiger partial charge in [0.15, 0.2) is 11.5 Å². The van der Waals surface area contributed by atoms with Crippen molar-refractivity contribution >= 4 is 11.8 Å². The van der Waals surface area contributed by atoms with E-state index < -0.39 is 0 Å². The van der Waals surface area contributed by atoms with E-state index in [4.69, 9.17) is 9.47 Å². The fourth-order valence-electron chi connectivity index (χ4n) is 2.10. The number of rotatable bonds is 8.